The molecule has 1 aromatic carbocycles. The quantitative estimate of drug-likeness (QED) is 0.625. The van der Waals surface area contributed by atoms with E-state index in [0.29, 0.717) is 3.57 Å². The van der Waals surface area contributed by atoms with Gasteiger partial charge < -0.3 is 9.84 Å². The van der Waals surface area contributed by atoms with Crippen LogP contribution in [-0.4, -0.2) is 36.1 Å². The Balaban J connectivity index is 2.52. The Morgan fingerprint density at radius 3 is 2.44 bits per heavy atom. The summed E-state index contributed by atoms with van der Waals surface area (Å²) in [7, 11) is 0. The van der Waals surface area contributed by atoms with Crippen LogP contribution in [0.4, 0.5) is 5.69 Å². The van der Waals surface area contributed by atoms with Gasteiger partial charge in [0, 0.05) is 3.57 Å². The molecule has 0 spiro atoms. The normalized spacial score (nSPS) is 15.9. The predicted molar refractivity (Wildman–Crippen MR) is 69.4 cm³/mol. The van der Waals surface area contributed by atoms with Crippen molar-refractivity contribution in [3.63, 3.8) is 0 Å². The van der Waals surface area contributed by atoms with Gasteiger partial charge in [0.2, 0.25) is 0 Å². The summed E-state index contributed by atoms with van der Waals surface area (Å²) in [6.07, 6.45) is 0. The Hall–Kier alpha value is -1.48. The first kappa shape index (κ1) is 13.0. The number of morpholine rings is 1. The van der Waals surface area contributed by atoms with Gasteiger partial charge in [-0.3, -0.25) is 9.59 Å². The van der Waals surface area contributed by atoms with Crippen LogP contribution in [-0.2, 0) is 14.3 Å². The molecule has 1 fully saturated rings. The fourth-order valence-corrected chi connectivity index (χ4v) is 2.13. The number of carboxylic acids is 1. The lowest BCUT2D eigenvalue weighted by Gasteiger charge is -2.26. The fraction of sp³-hybridized carbons (Fsp3) is 0.182. The number of hydrogen-bond donors (Lipinski definition) is 1. The molecule has 1 aliphatic rings. The third kappa shape index (κ3) is 2.36. The zero-order chi connectivity index (χ0) is 13.3. The number of carbonyl (C=O) groups is 3. The molecule has 0 saturated carbocycles. The van der Waals surface area contributed by atoms with E-state index in [1.54, 1.807) is 6.07 Å². The van der Waals surface area contributed by atoms with Gasteiger partial charge in [0.05, 0.1) is 11.3 Å². The van der Waals surface area contributed by atoms with Crippen molar-refractivity contribution in [3.05, 3.63) is 27.3 Å². The second kappa shape index (κ2) is 5.02. The van der Waals surface area contributed by atoms with E-state index in [9.17, 15) is 14.4 Å². The van der Waals surface area contributed by atoms with E-state index in [4.69, 9.17) is 9.84 Å². The Morgan fingerprint density at radius 1 is 1.28 bits per heavy atom. The molecule has 1 N–H and O–H groups in total. The average molecular weight is 361 g/mol. The van der Waals surface area contributed by atoms with E-state index < -0.39 is 17.8 Å². The third-order valence-corrected chi connectivity index (χ3v) is 3.05. The molecule has 2 amide bonds. The van der Waals surface area contributed by atoms with Gasteiger partial charge in [-0.25, -0.2) is 9.69 Å². The highest BCUT2D eigenvalue weighted by atomic mass is 127. The number of carboxylic acid groups (broad SMARTS) is 1. The molecule has 0 aromatic heterocycles. The van der Waals surface area contributed by atoms with Gasteiger partial charge in [-0.1, -0.05) is 0 Å². The van der Waals surface area contributed by atoms with Crippen molar-refractivity contribution in [2.75, 3.05) is 18.1 Å². The van der Waals surface area contributed by atoms with E-state index in [2.05, 4.69) is 0 Å². The van der Waals surface area contributed by atoms with Crippen molar-refractivity contribution >= 4 is 46.1 Å². The molecule has 0 unspecified atom stereocenters. The molecule has 1 heterocycles. The summed E-state index contributed by atoms with van der Waals surface area (Å²) in [6, 6.07) is 4.50. The van der Waals surface area contributed by atoms with Crippen molar-refractivity contribution in [2.45, 2.75) is 0 Å². The average Bonchev–Trinajstić information content (AvgIpc) is 2.30. The number of imide groups is 1. The third-order valence-electron chi connectivity index (χ3n) is 2.38. The molecule has 0 aliphatic carbocycles. The summed E-state index contributed by atoms with van der Waals surface area (Å²) < 4.78 is 5.49. The number of benzene rings is 1. The number of amides is 2. The number of ether oxygens (including phenoxy) is 1. The number of rotatable bonds is 2. The first-order valence-corrected chi connectivity index (χ1v) is 6.05. The molecule has 0 atom stereocenters. The van der Waals surface area contributed by atoms with Crippen molar-refractivity contribution in [3.8, 4) is 0 Å². The fourth-order valence-electron chi connectivity index (χ4n) is 1.64. The van der Waals surface area contributed by atoms with E-state index in [-0.39, 0.29) is 24.5 Å². The summed E-state index contributed by atoms with van der Waals surface area (Å²) in [5, 5.41) is 9.11. The van der Waals surface area contributed by atoms with Crippen LogP contribution in [0, 0.1) is 3.57 Å². The highest BCUT2D eigenvalue weighted by molar-refractivity contribution is 14.1. The topological polar surface area (TPSA) is 83.9 Å². The molecule has 1 aromatic rings. The number of nitrogens with zero attached hydrogens (tertiary/aromatic N) is 1. The molecular formula is C11H8INO5. The van der Waals surface area contributed by atoms with Crippen molar-refractivity contribution in [2.24, 2.45) is 0 Å². The molecule has 2 rings (SSSR count). The van der Waals surface area contributed by atoms with Crippen LogP contribution >= 0.6 is 22.6 Å². The van der Waals surface area contributed by atoms with Crippen molar-refractivity contribution in [1.29, 1.82) is 0 Å². The van der Waals surface area contributed by atoms with Crippen LogP contribution in [0.5, 0.6) is 0 Å². The zero-order valence-corrected chi connectivity index (χ0v) is 11.2. The lowest BCUT2D eigenvalue weighted by Crippen LogP contribution is -2.47. The Bertz CT molecular complexity index is 526. The Labute approximate surface area is 116 Å². The van der Waals surface area contributed by atoms with Crippen LogP contribution in [0.25, 0.3) is 0 Å². The molecule has 0 bridgehead atoms. The summed E-state index contributed by atoms with van der Waals surface area (Å²) in [5.74, 6) is -2.31. The van der Waals surface area contributed by atoms with Gasteiger partial charge in [0.1, 0.15) is 13.2 Å². The van der Waals surface area contributed by atoms with Crippen molar-refractivity contribution in [1.82, 2.24) is 0 Å². The first-order valence-electron chi connectivity index (χ1n) is 4.97. The summed E-state index contributed by atoms with van der Waals surface area (Å²) in [6.45, 7) is -0.451. The van der Waals surface area contributed by atoms with Gasteiger partial charge >= 0.3 is 5.97 Å². The molecule has 1 aliphatic heterocycles. The zero-order valence-electron chi connectivity index (χ0n) is 9.05. The first-order chi connectivity index (χ1) is 8.50. The Morgan fingerprint density at radius 2 is 1.89 bits per heavy atom. The lowest BCUT2D eigenvalue weighted by atomic mass is 10.1. The lowest BCUT2D eigenvalue weighted by molar-refractivity contribution is -0.138. The van der Waals surface area contributed by atoms with Gasteiger partial charge in [0.15, 0.2) is 0 Å². The van der Waals surface area contributed by atoms with E-state index >= 15 is 0 Å². The smallest absolute Gasteiger partial charge is 0.337 e. The van der Waals surface area contributed by atoms with Crippen molar-refractivity contribution < 1.29 is 24.2 Å². The highest BCUT2D eigenvalue weighted by Gasteiger charge is 2.31. The maximum absolute atomic E-state index is 11.7. The minimum absolute atomic E-state index is 0.0782. The number of hydrogen-bond acceptors (Lipinski definition) is 4. The minimum Gasteiger partial charge on any atom is -0.478 e. The van der Waals surface area contributed by atoms with Crippen LogP contribution < -0.4 is 4.90 Å². The number of aromatic carboxylic acids is 1. The maximum Gasteiger partial charge on any atom is 0.337 e. The van der Waals surface area contributed by atoms with Crippen LogP contribution in [0.2, 0.25) is 0 Å². The highest BCUT2D eigenvalue weighted by Crippen LogP contribution is 2.24. The van der Waals surface area contributed by atoms with Gasteiger partial charge in [-0.05, 0) is 40.8 Å². The molecule has 6 nitrogen and oxygen atoms in total. The molecule has 1 saturated heterocycles. The Kier molecular flexibility index (Phi) is 3.62. The molecule has 7 heteroatoms. The van der Waals surface area contributed by atoms with E-state index in [1.165, 1.54) is 12.1 Å². The molecular weight excluding hydrogens is 353 g/mol. The van der Waals surface area contributed by atoms with E-state index in [1.807, 2.05) is 22.6 Å². The summed E-state index contributed by atoms with van der Waals surface area (Å²) >= 11 is 1.96. The van der Waals surface area contributed by atoms with Gasteiger partial charge in [-0.2, -0.15) is 0 Å². The SMILES string of the molecule is O=C(O)c1cc(I)ccc1N1C(=O)COCC1=O. The molecule has 18 heavy (non-hydrogen) atoms. The van der Waals surface area contributed by atoms with E-state index in [0.717, 1.165) is 4.90 Å². The maximum atomic E-state index is 11.7. The number of halogens is 1. The predicted octanol–water partition coefficient (Wildman–Crippen LogP) is 0.879. The summed E-state index contributed by atoms with van der Waals surface area (Å²) in [4.78, 5) is 35.3. The number of anilines is 1. The van der Waals surface area contributed by atoms with Crippen LogP contribution in [0.15, 0.2) is 18.2 Å². The second-order valence-corrected chi connectivity index (χ2v) is 4.83. The number of carbonyl (C=O) groups excluding carboxylic acids is 2. The van der Waals surface area contributed by atoms with Gasteiger partial charge in [0.25, 0.3) is 11.8 Å². The van der Waals surface area contributed by atoms with Crippen LogP contribution in [0.1, 0.15) is 10.4 Å². The second-order valence-electron chi connectivity index (χ2n) is 3.58. The van der Waals surface area contributed by atoms with Gasteiger partial charge in [-0.15, -0.1) is 0 Å². The van der Waals surface area contributed by atoms with Crippen LogP contribution in [0.3, 0.4) is 0 Å². The monoisotopic (exact) mass is 361 g/mol. The minimum atomic E-state index is -1.18. The summed E-state index contributed by atoms with van der Waals surface area (Å²) in [5.41, 5.74) is 0.00622. The standard InChI is InChI=1S/C11H8INO5/c12-6-1-2-8(7(3-6)11(16)17)13-9(14)4-18-5-10(13)15/h1-3H,4-5H2,(H,16,17). The molecule has 0 radical (unpaired) electrons. The largest absolute Gasteiger partial charge is 0.478 e. The molecule has 94 valence electrons.